The molecule has 158 valence electrons. The number of rotatable bonds is 5. The van der Waals surface area contributed by atoms with Crippen LogP contribution in [-0.4, -0.2) is 36.0 Å². The molecule has 4 nitrogen and oxygen atoms in total. The molecule has 1 saturated heterocycles. The topological polar surface area (TPSA) is 46.1 Å². The number of hydrogen-bond donors (Lipinski definition) is 2. The van der Waals surface area contributed by atoms with Gasteiger partial charge in [0.05, 0.1) is 16.1 Å². The molecule has 2 N–H and O–H groups in total. The van der Waals surface area contributed by atoms with Crippen molar-refractivity contribution in [2.75, 3.05) is 19.6 Å². The molecule has 1 amide bonds. The van der Waals surface area contributed by atoms with Crippen LogP contribution >= 0.6 is 11.6 Å². The maximum absolute atomic E-state index is 13.3. The van der Waals surface area contributed by atoms with Gasteiger partial charge in [0.1, 0.15) is 0 Å². The number of hydrogen-bond acceptors (Lipinski definition) is 2. The van der Waals surface area contributed by atoms with Gasteiger partial charge in [0.2, 0.25) is 5.92 Å². The Labute approximate surface area is 175 Å². The molecule has 1 aromatic heterocycles. The Morgan fingerprint density at radius 2 is 1.90 bits per heavy atom. The predicted octanol–water partition coefficient (Wildman–Crippen LogP) is 4.85. The standard InChI is InChI=1S/C22H28ClF2N3O/c23-18-2-1-3-19-20(18)17(14-28(19)13-16-6-10-26-11-7-16)21(29)27-12-15-4-8-22(24,25)9-5-15/h1-3,14-16,26H,4-13H2,(H,27,29). The number of nitrogens with zero attached hydrogens (tertiary/aromatic N) is 1. The summed E-state index contributed by atoms with van der Waals surface area (Å²) >= 11 is 6.46. The zero-order chi connectivity index (χ0) is 20.4. The minimum Gasteiger partial charge on any atom is -0.352 e. The first-order valence-corrected chi connectivity index (χ1v) is 10.9. The Morgan fingerprint density at radius 3 is 2.62 bits per heavy atom. The number of fused-ring (bicyclic) bond motifs is 1. The van der Waals surface area contributed by atoms with Crippen molar-refractivity contribution in [3.63, 3.8) is 0 Å². The van der Waals surface area contributed by atoms with E-state index in [-0.39, 0.29) is 24.7 Å². The third kappa shape index (κ3) is 4.75. The summed E-state index contributed by atoms with van der Waals surface area (Å²) < 4.78 is 28.8. The van der Waals surface area contributed by atoms with E-state index < -0.39 is 5.92 Å². The number of amides is 1. The average molecular weight is 424 g/mol. The lowest BCUT2D eigenvalue weighted by Crippen LogP contribution is -2.33. The lowest BCUT2D eigenvalue weighted by Gasteiger charge is -2.28. The fourth-order valence-corrected chi connectivity index (χ4v) is 4.88. The Balaban J connectivity index is 1.49. The van der Waals surface area contributed by atoms with Crippen molar-refractivity contribution in [1.29, 1.82) is 0 Å². The van der Waals surface area contributed by atoms with Crippen molar-refractivity contribution < 1.29 is 13.6 Å². The molecule has 0 spiro atoms. The Bertz CT molecular complexity index is 866. The van der Waals surface area contributed by atoms with Crippen molar-refractivity contribution in [3.05, 3.63) is 35.0 Å². The van der Waals surface area contributed by atoms with Gasteiger partial charge in [-0.05, 0) is 62.7 Å². The van der Waals surface area contributed by atoms with Crippen LogP contribution in [0.4, 0.5) is 8.78 Å². The third-order valence-corrected chi connectivity index (χ3v) is 6.72. The van der Waals surface area contributed by atoms with Crippen LogP contribution in [0.1, 0.15) is 48.9 Å². The van der Waals surface area contributed by atoms with E-state index in [1.54, 1.807) is 6.07 Å². The van der Waals surface area contributed by atoms with Crippen LogP contribution in [0, 0.1) is 11.8 Å². The first-order chi connectivity index (χ1) is 13.9. The van der Waals surface area contributed by atoms with Gasteiger partial charge in [-0.15, -0.1) is 0 Å². The zero-order valence-electron chi connectivity index (χ0n) is 16.5. The molecule has 0 atom stereocenters. The van der Waals surface area contributed by atoms with Crippen LogP contribution in [0.5, 0.6) is 0 Å². The molecule has 0 radical (unpaired) electrons. The minimum absolute atomic E-state index is 0.0884. The molecule has 2 heterocycles. The summed E-state index contributed by atoms with van der Waals surface area (Å²) in [4.78, 5) is 12.9. The molecule has 2 aliphatic rings. The van der Waals surface area contributed by atoms with Gasteiger partial charge in [0.25, 0.3) is 5.91 Å². The number of piperidine rings is 1. The first-order valence-electron chi connectivity index (χ1n) is 10.6. The molecular weight excluding hydrogens is 396 g/mol. The lowest BCUT2D eigenvalue weighted by atomic mass is 9.87. The average Bonchev–Trinajstić information content (AvgIpc) is 3.08. The highest BCUT2D eigenvalue weighted by Crippen LogP contribution is 2.36. The van der Waals surface area contributed by atoms with E-state index in [0.717, 1.165) is 43.4 Å². The number of halogens is 3. The number of carbonyl (C=O) groups excluding carboxylic acids is 1. The van der Waals surface area contributed by atoms with Gasteiger partial charge in [0, 0.05) is 37.5 Å². The second-order valence-electron chi connectivity index (χ2n) is 8.53. The molecule has 1 aliphatic carbocycles. The van der Waals surface area contributed by atoms with Crippen molar-refractivity contribution in [2.45, 2.75) is 51.0 Å². The van der Waals surface area contributed by atoms with Gasteiger partial charge < -0.3 is 15.2 Å². The monoisotopic (exact) mass is 423 g/mol. The highest BCUT2D eigenvalue weighted by atomic mass is 35.5. The highest BCUT2D eigenvalue weighted by Gasteiger charge is 2.35. The fourth-order valence-electron chi connectivity index (χ4n) is 4.61. The SMILES string of the molecule is O=C(NCC1CCC(F)(F)CC1)c1cn(CC2CCNCC2)c2cccc(Cl)c12. The summed E-state index contributed by atoms with van der Waals surface area (Å²) in [7, 11) is 0. The predicted molar refractivity (Wildman–Crippen MR) is 112 cm³/mol. The summed E-state index contributed by atoms with van der Waals surface area (Å²) in [6, 6.07) is 5.72. The molecular formula is C22H28ClF2N3O. The molecule has 0 unspecified atom stereocenters. The summed E-state index contributed by atoms with van der Waals surface area (Å²) in [5.41, 5.74) is 1.54. The Morgan fingerprint density at radius 1 is 1.17 bits per heavy atom. The molecule has 29 heavy (non-hydrogen) atoms. The molecule has 0 bridgehead atoms. The number of benzene rings is 1. The van der Waals surface area contributed by atoms with Crippen LogP contribution < -0.4 is 10.6 Å². The Kier molecular flexibility index (Phi) is 6.11. The fraction of sp³-hybridized carbons (Fsp3) is 0.591. The molecule has 1 saturated carbocycles. The van der Waals surface area contributed by atoms with Gasteiger partial charge in [-0.25, -0.2) is 8.78 Å². The van der Waals surface area contributed by atoms with E-state index >= 15 is 0 Å². The highest BCUT2D eigenvalue weighted by molar-refractivity contribution is 6.36. The molecule has 2 fully saturated rings. The van der Waals surface area contributed by atoms with Crippen LogP contribution in [0.25, 0.3) is 10.9 Å². The van der Waals surface area contributed by atoms with Crippen molar-refractivity contribution in [1.82, 2.24) is 15.2 Å². The van der Waals surface area contributed by atoms with Crippen molar-refractivity contribution in [3.8, 4) is 0 Å². The molecule has 7 heteroatoms. The van der Waals surface area contributed by atoms with Gasteiger partial charge in [-0.3, -0.25) is 4.79 Å². The van der Waals surface area contributed by atoms with Crippen LogP contribution in [-0.2, 0) is 6.54 Å². The summed E-state index contributed by atoms with van der Waals surface area (Å²) in [5, 5.41) is 7.69. The third-order valence-electron chi connectivity index (χ3n) is 6.40. The largest absolute Gasteiger partial charge is 0.352 e. The van der Waals surface area contributed by atoms with Crippen LogP contribution in [0.2, 0.25) is 5.02 Å². The maximum atomic E-state index is 13.3. The van der Waals surface area contributed by atoms with E-state index in [9.17, 15) is 13.6 Å². The summed E-state index contributed by atoms with van der Waals surface area (Å²) in [6.07, 6.45) is 4.87. The molecule has 4 rings (SSSR count). The number of alkyl halides is 2. The zero-order valence-corrected chi connectivity index (χ0v) is 17.3. The summed E-state index contributed by atoms with van der Waals surface area (Å²) in [5.74, 6) is -2.04. The van der Waals surface area contributed by atoms with E-state index in [4.69, 9.17) is 11.6 Å². The molecule has 1 aromatic carbocycles. The molecule has 1 aliphatic heterocycles. The number of nitrogens with one attached hydrogen (secondary N) is 2. The van der Waals surface area contributed by atoms with Crippen molar-refractivity contribution in [2.24, 2.45) is 11.8 Å². The van der Waals surface area contributed by atoms with Gasteiger partial charge in [0.15, 0.2) is 0 Å². The summed E-state index contributed by atoms with van der Waals surface area (Å²) in [6.45, 7) is 3.35. The van der Waals surface area contributed by atoms with E-state index in [1.165, 1.54) is 0 Å². The van der Waals surface area contributed by atoms with Gasteiger partial charge in [-0.2, -0.15) is 0 Å². The smallest absolute Gasteiger partial charge is 0.253 e. The Hall–Kier alpha value is -1.66. The van der Waals surface area contributed by atoms with E-state index in [1.807, 2.05) is 18.3 Å². The number of aromatic nitrogens is 1. The maximum Gasteiger partial charge on any atom is 0.253 e. The minimum atomic E-state index is -2.55. The first kappa shape index (κ1) is 20.6. The normalized spacial score (nSPS) is 20.8. The van der Waals surface area contributed by atoms with Crippen LogP contribution in [0.3, 0.4) is 0 Å². The molecule has 2 aromatic rings. The second-order valence-corrected chi connectivity index (χ2v) is 8.94. The van der Waals surface area contributed by atoms with Gasteiger partial charge in [-0.1, -0.05) is 17.7 Å². The van der Waals surface area contributed by atoms with Crippen molar-refractivity contribution >= 4 is 28.4 Å². The van der Waals surface area contributed by atoms with E-state index in [2.05, 4.69) is 15.2 Å². The van der Waals surface area contributed by atoms with E-state index in [0.29, 0.717) is 35.9 Å². The lowest BCUT2D eigenvalue weighted by molar-refractivity contribution is -0.0452. The quantitative estimate of drug-likeness (QED) is 0.722. The van der Waals surface area contributed by atoms with Crippen LogP contribution in [0.15, 0.2) is 24.4 Å². The van der Waals surface area contributed by atoms with Gasteiger partial charge >= 0.3 is 0 Å². The second kappa shape index (κ2) is 8.60. The number of carbonyl (C=O) groups is 1.